The molecule has 0 unspecified atom stereocenters. The molecule has 1 heterocycles. The second-order valence-electron chi connectivity index (χ2n) is 4.87. The van der Waals surface area contributed by atoms with E-state index in [0.29, 0.717) is 12.8 Å². The van der Waals surface area contributed by atoms with Gasteiger partial charge >= 0.3 is 0 Å². The normalized spacial score (nSPS) is 17.1. The third-order valence-corrected chi connectivity index (χ3v) is 3.30. The number of hydrogen-bond donors (Lipinski definition) is 3. The van der Waals surface area contributed by atoms with Gasteiger partial charge in [0.05, 0.1) is 18.4 Å². The Morgan fingerprint density at radius 2 is 2.05 bits per heavy atom. The van der Waals surface area contributed by atoms with Crippen LogP contribution < -0.4 is 10.6 Å². The lowest BCUT2D eigenvalue weighted by molar-refractivity contribution is -0.121. The van der Waals surface area contributed by atoms with Crippen molar-refractivity contribution in [3.05, 3.63) is 24.2 Å². The van der Waals surface area contributed by atoms with Crippen LogP contribution in [0, 0.1) is 0 Å². The van der Waals surface area contributed by atoms with Crippen molar-refractivity contribution < 1.29 is 19.1 Å². The zero-order valence-electron chi connectivity index (χ0n) is 10.6. The molecule has 1 aromatic rings. The van der Waals surface area contributed by atoms with Crippen LogP contribution in [0.15, 0.2) is 22.8 Å². The summed E-state index contributed by atoms with van der Waals surface area (Å²) in [6.45, 7) is 0.109. The van der Waals surface area contributed by atoms with Gasteiger partial charge in [-0.1, -0.05) is 12.8 Å². The summed E-state index contributed by atoms with van der Waals surface area (Å²) in [5.41, 5.74) is -0.777. The monoisotopic (exact) mass is 266 g/mol. The van der Waals surface area contributed by atoms with E-state index in [1.807, 2.05) is 0 Å². The molecule has 1 aliphatic carbocycles. The quantitative estimate of drug-likeness (QED) is 0.720. The van der Waals surface area contributed by atoms with Gasteiger partial charge in [-0.25, -0.2) is 0 Å². The van der Waals surface area contributed by atoms with Gasteiger partial charge in [-0.2, -0.15) is 0 Å². The Morgan fingerprint density at radius 3 is 2.68 bits per heavy atom. The molecule has 1 fully saturated rings. The molecule has 2 rings (SSSR count). The third kappa shape index (κ3) is 3.82. The summed E-state index contributed by atoms with van der Waals surface area (Å²) in [6, 6.07) is 3.12. The molecule has 1 aliphatic rings. The van der Waals surface area contributed by atoms with Gasteiger partial charge in [0.2, 0.25) is 5.91 Å². The predicted molar refractivity (Wildman–Crippen MR) is 67.5 cm³/mol. The average Bonchev–Trinajstić information content (AvgIpc) is 3.05. The van der Waals surface area contributed by atoms with Crippen LogP contribution in [0.4, 0.5) is 0 Å². The van der Waals surface area contributed by atoms with Crippen molar-refractivity contribution in [2.24, 2.45) is 0 Å². The molecule has 0 aliphatic heterocycles. The van der Waals surface area contributed by atoms with Crippen LogP contribution in [0.3, 0.4) is 0 Å². The van der Waals surface area contributed by atoms with E-state index in [-0.39, 0.29) is 24.8 Å². The smallest absolute Gasteiger partial charge is 0.287 e. The maximum atomic E-state index is 11.5. The van der Waals surface area contributed by atoms with Crippen LogP contribution in [-0.4, -0.2) is 35.6 Å². The van der Waals surface area contributed by atoms with Gasteiger partial charge in [-0.15, -0.1) is 0 Å². The molecule has 2 amide bonds. The fourth-order valence-electron chi connectivity index (χ4n) is 2.19. The van der Waals surface area contributed by atoms with Crippen LogP contribution in [0.1, 0.15) is 36.2 Å². The highest BCUT2D eigenvalue weighted by atomic mass is 16.3. The van der Waals surface area contributed by atoms with Crippen LogP contribution in [-0.2, 0) is 4.79 Å². The summed E-state index contributed by atoms with van der Waals surface area (Å²) in [5, 5.41) is 15.1. The number of furan rings is 1. The van der Waals surface area contributed by atoms with Gasteiger partial charge in [0.1, 0.15) is 0 Å². The Morgan fingerprint density at radius 1 is 1.32 bits per heavy atom. The molecule has 0 aromatic carbocycles. The van der Waals surface area contributed by atoms with E-state index in [9.17, 15) is 14.7 Å². The number of carbonyl (C=O) groups excluding carboxylic acids is 2. The summed E-state index contributed by atoms with van der Waals surface area (Å²) in [5.74, 6) is -0.581. The predicted octanol–water partition coefficient (Wildman–Crippen LogP) is 0.431. The molecule has 19 heavy (non-hydrogen) atoms. The number of aliphatic hydroxyl groups is 1. The molecule has 104 valence electrons. The van der Waals surface area contributed by atoms with Crippen molar-refractivity contribution >= 4 is 11.8 Å². The summed E-state index contributed by atoms with van der Waals surface area (Å²) < 4.78 is 4.90. The number of carbonyl (C=O) groups is 2. The molecule has 0 saturated heterocycles. The highest BCUT2D eigenvalue weighted by Crippen LogP contribution is 2.28. The maximum Gasteiger partial charge on any atom is 0.287 e. The minimum Gasteiger partial charge on any atom is -0.459 e. The highest BCUT2D eigenvalue weighted by Gasteiger charge is 2.31. The lowest BCUT2D eigenvalue weighted by Gasteiger charge is -2.22. The lowest BCUT2D eigenvalue weighted by atomic mass is 10.0. The van der Waals surface area contributed by atoms with Crippen molar-refractivity contribution in [1.82, 2.24) is 10.6 Å². The Kier molecular flexibility index (Phi) is 4.21. The second-order valence-corrected chi connectivity index (χ2v) is 4.87. The van der Waals surface area contributed by atoms with Crippen molar-refractivity contribution in [2.45, 2.75) is 31.3 Å². The zero-order valence-corrected chi connectivity index (χ0v) is 10.6. The van der Waals surface area contributed by atoms with E-state index in [1.54, 1.807) is 6.07 Å². The molecule has 6 nitrogen and oxygen atoms in total. The number of nitrogens with one attached hydrogen (secondary N) is 2. The molecule has 1 saturated carbocycles. The molecule has 0 spiro atoms. The minimum absolute atomic E-state index is 0.129. The fraction of sp³-hybridized carbons (Fsp3) is 0.538. The molecular formula is C13H18N2O4. The SMILES string of the molecule is O=C(CNC(=O)c1ccco1)NCC1(O)CCCC1. The van der Waals surface area contributed by atoms with Gasteiger partial charge in [-0.3, -0.25) is 9.59 Å². The first kappa shape index (κ1) is 13.6. The van der Waals surface area contributed by atoms with E-state index in [4.69, 9.17) is 4.42 Å². The molecule has 6 heteroatoms. The molecule has 3 N–H and O–H groups in total. The Hall–Kier alpha value is -1.82. The van der Waals surface area contributed by atoms with Crippen LogP contribution in [0.25, 0.3) is 0 Å². The first-order chi connectivity index (χ1) is 9.09. The summed E-state index contributed by atoms with van der Waals surface area (Å²) in [4.78, 5) is 23.0. The Balaban J connectivity index is 1.68. The van der Waals surface area contributed by atoms with Gasteiger partial charge in [0.15, 0.2) is 5.76 Å². The first-order valence-electron chi connectivity index (χ1n) is 6.40. The standard InChI is InChI=1S/C13H18N2O4/c16-11(15-9-13(18)5-1-2-6-13)8-14-12(17)10-4-3-7-19-10/h3-4,7,18H,1-2,5-6,8-9H2,(H,14,17)(H,15,16). The van der Waals surface area contributed by atoms with E-state index < -0.39 is 11.5 Å². The third-order valence-electron chi connectivity index (χ3n) is 3.30. The van der Waals surface area contributed by atoms with E-state index in [1.165, 1.54) is 12.3 Å². The van der Waals surface area contributed by atoms with E-state index >= 15 is 0 Å². The van der Waals surface area contributed by atoms with Crippen molar-refractivity contribution in [3.63, 3.8) is 0 Å². The summed E-state index contributed by atoms with van der Waals surface area (Å²) >= 11 is 0. The molecule has 0 radical (unpaired) electrons. The van der Waals surface area contributed by atoms with Gasteiger partial charge < -0.3 is 20.2 Å². The lowest BCUT2D eigenvalue weighted by Crippen LogP contribution is -2.44. The topological polar surface area (TPSA) is 91.6 Å². The first-order valence-corrected chi connectivity index (χ1v) is 6.40. The Labute approximate surface area is 111 Å². The zero-order chi connectivity index (χ0) is 13.7. The van der Waals surface area contributed by atoms with Crippen molar-refractivity contribution in [2.75, 3.05) is 13.1 Å². The highest BCUT2D eigenvalue weighted by molar-refractivity contribution is 5.94. The number of amides is 2. The molecule has 0 atom stereocenters. The summed E-state index contributed by atoms with van der Waals surface area (Å²) in [6.07, 6.45) is 4.80. The minimum atomic E-state index is -0.777. The second kappa shape index (κ2) is 5.88. The summed E-state index contributed by atoms with van der Waals surface area (Å²) in [7, 11) is 0. The maximum absolute atomic E-state index is 11.5. The van der Waals surface area contributed by atoms with E-state index in [2.05, 4.69) is 10.6 Å². The molecule has 1 aromatic heterocycles. The van der Waals surface area contributed by atoms with Crippen LogP contribution in [0.5, 0.6) is 0 Å². The molecule has 0 bridgehead atoms. The van der Waals surface area contributed by atoms with Gasteiger partial charge in [0, 0.05) is 6.54 Å². The fourth-order valence-corrected chi connectivity index (χ4v) is 2.19. The van der Waals surface area contributed by atoms with Crippen LogP contribution in [0.2, 0.25) is 0 Å². The Bertz CT molecular complexity index is 436. The van der Waals surface area contributed by atoms with Crippen molar-refractivity contribution in [1.29, 1.82) is 0 Å². The average molecular weight is 266 g/mol. The van der Waals surface area contributed by atoms with Crippen LogP contribution >= 0.6 is 0 Å². The van der Waals surface area contributed by atoms with Crippen molar-refractivity contribution in [3.8, 4) is 0 Å². The van der Waals surface area contributed by atoms with Gasteiger partial charge in [-0.05, 0) is 25.0 Å². The largest absolute Gasteiger partial charge is 0.459 e. The number of hydrogen-bond acceptors (Lipinski definition) is 4. The number of rotatable bonds is 5. The molecular weight excluding hydrogens is 248 g/mol. The van der Waals surface area contributed by atoms with E-state index in [0.717, 1.165) is 12.8 Å². The van der Waals surface area contributed by atoms with Gasteiger partial charge in [0.25, 0.3) is 5.91 Å².